The summed E-state index contributed by atoms with van der Waals surface area (Å²) in [5.41, 5.74) is 0.921. The first-order valence-corrected chi connectivity index (χ1v) is 4.84. The standard InChI is InChI=1S/C11H14O4/c1-7(5-12)9-3-8(13-2)4-10-11(9)15-6-14-10/h3-4,7,12H,5-6H2,1-2H3. The number of aliphatic hydroxyl groups is 1. The number of rotatable bonds is 3. The van der Waals surface area contributed by atoms with Crippen LogP contribution in [-0.2, 0) is 0 Å². The van der Waals surface area contributed by atoms with Crippen LogP contribution in [0, 0.1) is 0 Å². The molecule has 0 saturated carbocycles. The van der Waals surface area contributed by atoms with Crippen molar-refractivity contribution in [3.8, 4) is 17.2 Å². The van der Waals surface area contributed by atoms with Crippen molar-refractivity contribution in [1.82, 2.24) is 0 Å². The van der Waals surface area contributed by atoms with E-state index in [1.165, 1.54) is 0 Å². The minimum atomic E-state index is 0.00977. The van der Waals surface area contributed by atoms with Crippen LogP contribution in [0.3, 0.4) is 0 Å². The van der Waals surface area contributed by atoms with Crippen molar-refractivity contribution in [2.24, 2.45) is 0 Å². The van der Waals surface area contributed by atoms with E-state index in [1.807, 2.05) is 13.0 Å². The molecule has 0 fully saturated rings. The van der Waals surface area contributed by atoms with Crippen LogP contribution in [-0.4, -0.2) is 25.6 Å². The van der Waals surface area contributed by atoms with Crippen LogP contribution in [0.1, 0.15) is 18.4 Å². The Hall–Kier alpha value is -1.42. The van der Waals surface area contributed by atoms with Gasteiger partial charge in [0.05, 0.1) is 7.11 Å². The molecule has 1 aromatic rings. The SMILES string of the molecule is COc1cc2c(c(C(C)CO)c1)OCO2. The number of hydrogen-bond acceptors (Lipinski definition) is 4. The molecular weight excluding hydrogens is 196 g/mol. The van der Waals surface area contributed by atoms with Gasteiger partial charge in [-0.3, -0.25) is 0 Å². The predicted molar refractivity (Wildman–Crippen MR) is 54.6 cm³/mol. The molecule has 1 aromatic carbocycles. The van der Waals surface area contributed by atoms with E-state index in [-0.39, 0.29) is 19.3 Å². The molecule has 2 rings (SSSR count). The minimum Gasteiger partial charge on any atom is -0.497 e. The van der Waals surface area contributed by atoms with Gasteiger partial charge in [0.15, 0.2) is 11.5 Å². The quantitative estimate of drug-likeness (QED) is 0.821. The fourth-order valence-electron chi connectivity index (χ4n) is 1.59. The Bertz CT molecular complexity index is 362. The number of benzene rings is 1. The van der Waals surface area contributed by atoms with E-state index in [0.717, 1.165) is 17.1 Å². The highest BCUT2D eigenvalue weighted by atomic mass is 16.7. The normalized spacial score (nSPS) is 15.1. The van der Waals surface area contributed by atoms with Crippen LogP contribution in [0.25, 0.3) is 0 Å². The molecule has 4 nitrogen and oxygen atoms in total. The summed E-state index contributed by atoms with van der Waals surface area (Å²) in [7, 11) is 1.60. The lowest BCUT2D eigenvalue weighted by atomic mass is 10.0. The maximum absolute atomic E-state index is 9.15. The van der Waals surface area contributed by atoms with Gasteiger partial charge in [-0.05, 0) is 6.07 Å². The zero-order valence-corrected chi connectivity index (χ0v) is 8.82. The third-order valence-electron chi connectivity index (χ3n) is 2.52. The first-order valence-electron chi connectivity index (χ1n) is 4.84. The molecule has 82 valence electrons. The second-order valence-corrected chi connectivity index (χ2v) is 3.53. The molecule has 0 aromatic heterocycles. The fraction of sp³-hybridized carbons (Fsp3) is 0.455. The van der Waals surface area contributed by atoms with Crippen LogP contribution >= 0.6 is 0 Å². The lowest BCUT2D eigenvalue weighted by Gasteiger charge is -2.12. The van der Waals surface area contributed by atoms with E-state index in [9.17, 15) is 0 Å². The van der Waals surface area contributed by atoms with Crippen molar-refractivity contribution in [2.75, 3.05) is 20.5 Å². The summed E-state index contributed by atoms with van der Waals surface area (Å²) in [6.07, 6.45) is 0. The molecule has 0 spiro atoms. The summed E-state index contributed by atoms with van der Waals surface area (Å²) in [5, 5.41) is 9.15. The van der Waals surface area contributed by atoms with Gasteiger partial charge in [-0.15, -0.1) is 0 Å². The molecule has 0 bridgehead atoms. The van der Waals surface area contributed by atoms with Crippen LogP contribution in [0.5, 0.6) is 17.2 Å². The van der Waals surface area contributed by atoms with Crippen LogP contribution in [0.4, 0.5) is 0 Å². The highest BCUT2D eigenvalue weighted by Crippen LogP contribution is 2.42. The highest BCUT2D eigenvalue weighted by molar-refractivity contribution is 5.54. The predicted octanol–water partition coefficient (Wildman–Crippen LogP) is 1.52. The molecule has 0 aliphatic carbocycles. The Morgan fingerprint density at radius 3 is 2.93 bits per heavy atom. The summed E-state index contributed by atoms with van der Waals surface area (Å²) < 4.78 is 15.8. The van der Waals surface area contributed by atoms with E-state index in [4.69, 9.17) is 19.3 Å². The second-order valence-electron chi connectivity index (χ2n) is 3.53. The molecule has 1 aliphatic heterocycles. The summed E-state index contributed by atoms with van der Waals surface area (Å²) in [6, 6.07) is 3.66. The minimum absolute atomic E-state index is 0.00977. The molecule has 0 saturated heterocycles. The lowest BCUT2D eigenvalue weighted by molar-refractivity contribution is 0.172. The van der Waals surface area contributed by atoms with Gasteiger partial charge in [-0.2, -0.15) is 0 Å². The smallest absolute Gasteiger partial charge is 0.231 e. The first kappa shape index (κ1) is 10.1. The molecule has 4 heteroatoms. The van der Waals surface area contributed by atoms with Gasteiger partial charge in [0.2, 0.25) is 6.79 Å². The highest BCUT2D eigenvalue weighted by Gasteiger charge is 2.22. The Balaban J connectivity index is 2.47. The Morgan fingerprint density at radius 2 is 2.27 bits per heavy atom. The molecule has 1 aliphatic rings. The van der Waals surface area contributed by atoms with Gasteiger partial charge in [0, 0.05) is 24.2 Å². The van der Waals surface area contributed by atoms with Crippen molar-refractivity contribution < 1.29 is 19.3 Å². The molecule has 1 N–H and O–H groups in total. The molecule has 1 heterocycles. The Morgan fingerprint density at radius 1 is 1.47 bits per heavy atom. The zero-order chi connectivity index (χ0) is 10.8. The van der Waals surface area contributed by atoms with Crippen molar-refractivity contribution in [1.29, 1.82) is 0 Å². The molecule has 0 amide bonds. The van der Waals surface area contributed by atoms with Crippen molar-refractivity contribution in [3.63, 3.8) is 0 Å². The van der Waals surface area contributed by atoms with Gasteiger partial charge in [-0.1, -0.05) is 6.92 Å². The van der Waals surface area contributed by atoms with Gasteiger partial charge < -0.3 is 19.3 Å². The average Bonchev–Trinajstić information content (AvgIpc) is 2.74. The van der Waals surface area contributed by atoms with E-state index in [0.29, 0.717) is 5.75 Å². The third kappa shape index (κ3) is 1.72. The van der Waals surface area contributed by atoms with Crippen LogP contribution in [0.15, 0.2) is 12.1 Å². The van der Waals surface area contributed by atoms with Crippen LogP contribution in [0.2, 0.25) is 0 Å². The molecular formula is C11H14O4. The number of hydrogen-bond donors (Lipinski definition) is 1. The number of methoxy groups -OCH3 is 1. The van der Waals surface area contributed by atoms with E-state index < -0.39 is 0 Å². The Kier molecular flexibility index (Phi) is 2.68. The van der Waals surface area contributed by atoms with E-state index >= 15 is 0 Å². The van der Waals surface area contributed by atoms with Gasteiger partial charge in [0.1, 0.15) is 5.75 Å². The van der Waals surface area contributed by atoms with Crippen LogP contribution < -0.4 is 14.2 Å². The van der Waals surface area contributed by atoms with Crippen molar-refractivity contribution in [3.05, 3.63) is 17.7 Å². The van der Waals surface area contributed by atoms with Crippen molar-refractivity contribution >= 4 is 0 Å². The van der Waals surface area contributed by atoms with E-state index in [2.05, 4.69) is 0 Å². The zero-order valence-electron chi connectivity index (χ0n) is 8.82. The largest absolute Gasteiger partial charge is 0.497 e. The molecule has 15 heavy (non-hydrogen) atoms. The van der Waals surface area contributed by atoms with E-state index in [1.54, 1.807) is 13.2 Å². The summed E-state index contributed by atoms with van der Waals surface area (Å²) in [4.78, 5) is 0. The molecule has 0 radical (unpaired) electrons. The maximum atomic E-state index is 9.15. The molecule has 1 unspecified atom stereocenters. The van der Waals surface area contributed by atoms with Gasteiger partial charge >= 0.3 is 0 Å². The van der Waals surface area contributed by atoms with Gasteiger partial charge in [-0.25, -0.2) is 0 Å². The summed E-state index contributed by atoms with van der Waals surface area (Å²) in [6.45, 7) is 2.23. The lowest BCUT2D eigenvalue weighted by Crippen LogP contribution is -2.01. The Labute approximate surface area is 88.4 Å². The topological polar surface area (TPSA) is 47.9 Å². The van der Waals surface area contributed by atoms with Gasteiger partial charge in [0.25, 0.3) is 0 Å². The van der Waals surface area contributed by atoms with Crippen molar-refractivity contribution in [2.45, 2.75) is 12.8 Å². The first-order chi connectivity index (χ1) is 7.26. The second kappa shape index (κ2) is 3.98. The summed E-state index contributed by atoms with van der Waals surface area (Å²) >= 11 is 0. The average molecular weight is 210 g/mol. The maximum Gasteiger partial charge on any atom is 0.231 e. The summed E-state index contributed by atoms with van der Waals surface area (Å²) in [5.74, 6) is 2.13. The number of fused-ring (bicyclic) bond motifs is 1. The number of aliphatic hydroxyl groups excluding tert-OH is 1. The number of ether oxygens (including phenoxy) is 3. The fourth-order valence-corrected chi connectivity index (χ4v) is 1.59. The monoisotopic (exact) mass is 210 g/mol. The third-order valence-corrected chi connectivity index (χ3v) is 2.52. The molecule has 1 atom stereocenters.